The molecule has 27 heavy (non-hydrogen) atoms. The molecule has 0 radical (unpaired) electrons. The second-order valence-electron chi connectivity index (χ2n) is 5.67. The zero-order valence-corrected chi connectivity index (χ0v) is 16.3. The van der Waals surface area contributed by atoms with Crippen molar-refractivity contribution in [3.63, 3.8) is 0 Å². The van der Waals surface area contributed by atoms with Gasteiger partial charge in [-0.1, -0.05) is 16.8 Å². The largest absolute Gasteiger partial charge is 0.493 e. The lowest BCUT2D eigenvalue weighted by molar-refractivity contribution is -0.146. The molecule has 0 bridgehead atoms. The highest BCUT2D eigenvalue weighted by molar-refractivity contribution is 6.32. The Bertz CT molecular complexity index is 844. The highest BCUT2D eigenvalue weighted by Crippen LogP contribution is 2.27. The van der Waals surface area contributed by atoms with Crippen molar-refractivity contribution in [2.24, 2.45) is 10.9 Å². The molecule has 7 nitrogen and oxygen atoms in total. The predicted molar refractivity (Wildman–Crippen MR) is 103 cm³/mol. The minimum absolute atomic E-state index is 0.0162. The van der Waals surface area contributed by atoms with E-state index in [2.05, 4.69) is 5.16 Å². The topological polar surface area (TPSA) is 92.4 Å². The van der Waals surface area contributed by atoms with Gasteiger partial charge in [0.1, 0.15) is 5.75 Å². The zero-order chi connectivity index (χ0) is 20.0. The van der Waals surface area contributed by atoms with Crippen LogP contribution in [0.2, 0.25) is 5.02 Å². The lowest BCUT2D eigenvalue weighted by Crippen LogP contribution is -2.18. The molecule has 0 aliphatic rings. The average Bonchev–Trinajstić information content (AvgIpc) is 2.67. The maximum atomic E-state index is 11.8. The van der Waals surface area contributed by atoms with Gasteiger partial charge in [0.15, 0.2) is 23.9 Å². The molecule has 0 unspecified atom stereocenters. The standard InChI is InChI=1S/C19H21ClN2O5/c1-11-7-14(8-12(2)18(11)20)26-10-17(23)27-22-19(21)13-5-6-15(24-3)16(9-13)25-4/h5-9H,10H2,1-4H3,(H2,21,22). The van der Waals surface area contributed by atoms with Crippen molar-refractivity contribution in [2.75, 3.05) is 20.8 Å². The number of amidine groups is 1. The van der Waals surface area contributed by atoms with Gasteiger partial charge < -0.3 is 24.8 Å². The number of rotatable bonds is 7. The summed E-state index contributed by atoms with van der Waals surface area (Å²) in [6, 6.07) is 8.45. The van der Waals surface area contributed by atoms with Crippen LogP contribution in [-0.2, 0) is 9.63 Å². The summed E-state index contributed by atoms with van der Waals surface area (Å²) in [7, 11) is 3.03. The van der Waals surface area contributed by atoms with Crippen LogP contribution in [0, 0.1) is 13.8 Å². The molecular formula is C19H21ClN2O5. The molecule has 2 aromatic rings. The van der Waals surface area contributed by atoms with Crippen LogP contribution in [0.1, 0.15) is 16.7 Å². The van der Waals surface area contributed by atoms with E-state index in [0.29, 0.717) is 27.8 Å². The first kappa shape index (κ1) is 20.4. The Morgan fingerprint density at radius 3 is 2.30 bits per heavy atom. The van der Waals surface area contributed by atoms with Crippen LogP contribution in [0.25, 0.3) is 0 Å². The number of carbonyl (C=O) groups excluding carboxylic acids is 1. The number of methoxy groups -OCH3 is 2. The number of nitrogens with two attached hydrogens (primary N) is 1. The van der Waals surface area contributed by atoms with Crippen LogP contribution >= 0.6 is 11.6 Å². The van der Waals surface area contributed by atoms with E-state index in [-0.39, 0.29) is 12.4 Å². The third kappa shape index (κ3) is 5.27. The van der Waals surface area contributed by atoms with E-state index in [1.54, 1.807) is 30.3 Å². The van der Waals surface area contributed by atoms with E-state index in [4.69, 9.17) is 36.4 Å². The Morgan fingerprint density at radius 2 is 1.70 bits per heavy atom. The van der Waals surface area contributed by atoms with Gasteiger partial charge in [-0.15, -0.1) is 0 Å². The SMILES string of the molecule is COc1ccc(/C(N)=N\OC(=O)COc2cc(C)c(Cl)c(C)c2)cc1OC. The van der Waals surface area contributed by atoms with E-state index >= 15 is 0 Å². The number of ether oxygens (including phenoxy) is 3. The third-order valence-electron chi connectivity index (χ3n) is 3.69. The van der Waals surface area contributed by atoms with E-state index in [9.17, 15) is 4.79 Å². The van der Waals surface area contributed by atoms with Gasteiger partial charge in [-0.05, 0) is 55.3 Å². The van der Waals surface area contributed by atoms with Crippen LogP contribution in [0.5, 0.6) is 17.2 Å². The number of hydrogen-bond acceptors (Lipinski definition) is 6. The minimum atomic E-state index is -0.691. The maximum absolute atomic E-state index is 11.8. The first-order valence-corrected chi connectivity index (χ1v) is 8.38. The second kappa shape index (κ2) is 9.14. The van der Waals surface area contributed by atoms with Crippen molar-refractivity contribution in [3.05, 3.63) is 52.0 Å². The van der Waals surface area contributed by atoms with E-state index in [1.165, 1.54) is 14.2 Å². The first-order valence-electron chi connectivity index (χ1n) is 8.01. The number of nitrogens with zero attached hydrogens (tertiary/aromatic N) is 1. The molecule has 0 saturated carbocycles. The summed E-state index contributed by atoms with van der Waals surface area (Å²) in [6.45, 7) is 3.40. The number of carbonyl (C=O) groups is 1. The monoisotopic (exact) mass is 392 g/mol. The van der Waals surface area contributed by atoms with E-state index < -0.39 is 5.97 Å². The molecule has 144 valence electrons. The van der Waals surface area contributed by atoms with Crippen molar-refractivity contribution in [1.82, 2.24) is 0 Å². The Kier molecular flexibility index (Phi) is 6.90. The van der Waals surface area contributed by atoms with Crippen molar-refractivity contribution < 1.29 is 23.8 Å². The fourth-order valence-corrected chi connectivity index (χ4v) is 2.42. The zero-order valence-electron chi connectivity index (χ0n) is 15.5. The van der Waals surface area contributed by atoms with Gasteiger partial charge in [0.05, 0.1) is 14.2 Å². The van der Waals surface area contributed by atoms with Gasteiger partial charge in [0.2, 0.25) is 0 Å². The molecule has 0 aromatic heterocycles. The highest BCUT2D eigenvalue weighted by atomic mass is 35.5. The fourth-order valence-electron chi connectivity index (χ4n) is 2.31. The maximum Gasteiger partial charge on any atom is 0.372 e. The molecular weight excluding hydrogens is 372 g/mol. The Balaban J connectivity index is 1.97. The van der Waals surface area contributed by atoms with Crippen molar-refractivity contribution in [1.29, 1.82) is 0 Å². The second-order valence-corrected chi connectivity index (χ2v) is 6.05. The molecule has 0 amide bonds. The molecule has 0 saturated heterocycles. The summed E-state index contributed by atoms with van der Waals surface area (Å²) >= 11 is 6.10. The van der Waals surface area contributed by atoms with Gasteiger partial charge >= 0.3 is 5.97 Å². The Hall–Kier alpha value is -2.93. The summed E-state index contributed by atoms with van der Waals surface area (Å²) < 4.78 is 15.8. The highest BCUT2D eigenvalue weighted by Gasteiger charge is 2.10. The molecule has 0 atom stereocenters. The minimum Gasteiger partial charge on any atom is -0.493 e. The normalized spacial score (nSPS) is 11.1. The Morgan fingerprint density at radius 1 is 1.07 bits per heavy atom. The smallest absolute Gasteiger partial charge is 0.372 e. The predicted octanol–water partition coefficient (Wildman–Crippen LogP) is 3.22. The number of aryl methyl sites for hydroxylation is 2. The fraction of sp³-hybridized carbons (Fsp3) is 0.263. The molecule has 0 fully saturated rings. The first-order chi connectivity index (χ1) is 12.8. The number of oxime groups is 1. The molecule has 0 aliphatic heterocycles. The van der Waals surface area contributed by atoms with E-state index in [0.717, 1.165) is 11.1 Å². The van der Waals surface area contributed by atoms with Crippen molar-refractivity contribution >= 4 is 23.4 Å². The summed E-state index contributed by atoms with van der Waals surface area (Å²) in [4.78, 5) is 16.6. The van der Waals surface area contributed by atoms with Gasteiger partial charge in [-0.2, -0.15) is 0 Å². The lowest BCUT2D eigenvalue weighted by Gasteiger charge is -2.09. The molecule has 0 aliphatic carbocycles. The average molecular weight is 393 g/mol. The van der Waals surface area contributed by atoms with Crippen LogP contribution in [0.15, 0.2) is 35.5 Å². The molecule has 2 rings (SSSR count). The van der Waals surface area contributed by atoms with Crippen molar-refractivity contribution in [2.45, 2.75) is 13.8 Å². The van der Waals surface area contributed by atoms with E-state index in [1.807, 2.05) is 13.8 Å². The molecule has 2 aromatic carbocycles. The van der Waals surface area contributed by atoms with Gasteiger partial charge in [0.25, 0.3) is 0 Å². The summed E-state index contributed by atoms with van der Waals surface area (Å²) in [5.74, 6) is 0.874. The quantitative estimate of drug-likeness (QED) is 0.336. The number of halogens is 1. The van der Waals surface area contributed by atoms with Crippen LogP contribution in [0.3, 0.4) is 0 Å². The van der Waals surface area contributed by atoms with Gasteiger partial charge in [-0.25, -0.2) is 4.79 Å². The third-order valence-corrected chi connectivity index (χ3v) is 4.29. The van der Waals surface area contributed by atoms with Crippen LogP contribution < -0.4 is 19.9 Å². The van der Waals surface area contributed by atoms with Crippen LogP contribution in [-0.4, -0.2) is 32.6 Å². The molecule has 0 spiro atoms. The number of hydrogen-bond donors (Lipinski definition) is 1. The number of benzene rings is 2. The lowest BCUT2D eigenvalue weighted by atomic mass is 10.1. The van der Waals surface area contributed by atoms with Crippen molar-refractivity contribution in [3.8, 4) is 17.2 Å². The summed E-state index contributed by atoms with van der Waals surface area (Å²) in [6.07, 6.45) is 0. The molecule has 2 N–H and O–H groups in total. The summed E-state index contributed by atoms with van der Waals surface area (Å²) in [5.41, 5.74) is 8.08. The van der Waals surface area contributed by atoms with Gasteiger partial charge in [0, 0.05) is 10.6 Å². The Labute approximate surface area is 162 Å². The molecule has 0 heterocycles. The molecule has 8 heteroatoms. The van der Waals surface area contributed by atoms with Gasteiger partial charge in [-0.3, -0.25) is 0 Å². The summed E-state index contributed by atoms with van der Waals surface area (Å²) in [5, 5.41) is 4.30. The van der Waals surface area contributed by atoms with Crippen LogP contribution in [0.4, 0.5) is 0 Å².